The van der Waals surface area contributed by atoms with Gasteiger partial charge < -0.3 is 15.4 Å². The molecule has 4 rings (SSSR count). The molecule has 0 atom stereocenters. The van der Waals surface area contributed by atoms with Crippen LogP contribution in [-0.4, -0.2) is 32.7 Å². The summed E-state index contributed by atoms with van der Waals surface area (Å²) in [5.74, 6) is -0.188. The second kappa shape index (κ2) is 6.33. The van der Waals surface area contributed by atoms with Gasteiger partial charge in [0.2, 0.25) is 0 Å². The number of nitrogens with one attached hydrogen (secondary N) is 2. The van der Waals surface area contributed by atoms with Crippen LogP contribution in [0.4, 0.5) is 0 Å². The van der Waals surface area contributed by atoms with E-state index in [1.165, 1.54) is 0 Å². The number of nitrogens with zero attached hydrogens (tertiary/aromatic N) is 1. The molecular formula is C19H25N3O3. The van der Waals surface area contributed by atoms with Crippen LogP contribution in [0, 0.1) is 0 Å². The van der Waals surface area contributed by atoms with Gasteiger partial charge in [0, 0.05) is 11.6 Å². The molecule has 1 aromatic carbocycles. The number of H-pyrrole nitrogens is 1. The van der Waals surface area contributed by atoms with Gasteiger partial charge in [-0.15, -0.1) is 0 Å². The van der Waals surface area contributed by atoms with Crippen LogP contribution in [0.1, 0.15) is 67.8 Å². The standard InChI is InChI=1S/C19H25N3O3/c23-12-19(9-3-4-10-19)21-17(24)13-7-8-16-15(11-13)20-18(25)22(16)14-5-1-2-6-14/h7-8,11,14,23H,1-6,9-10,12H2,(H,20,25)(H,21,24). The minimum absolute atomic E-state index is 0.0319. The predicted octanol–water partition coefficient (Wildman–Crippen LogP) is 2.48. The van der Waals surface area contributed by atoms with E-state index in [1.54, 1.807) is 12.1 Å². The molecule has 0 radical (unpaired) electrons. The maximum absolute atomic E-state index is 12.6. The Labute approximate surface area is 146 Å². The maximum Gasteiger partial charge on any atom is 0.326 e. The molecule has 3 N–H and O–H groups in total. The Balaban J connectivity index is 1.63. The first kappa shape index (κ1) is 16.4. The molecule has 2 aliphatic carbocycles. The van der Waals surface area contributed by atoms with Crippen molar-refractivity contribution in [2.24, 2.45) is 0 Å². The van der Waals surface area contributed by atoms with Gasteiger partial charge in [0.15, 0.2) is 0 Å². The van der Waals surface area contributed by atoms with Crippen LogP contribution in [0.25, 0.3) is 11.0 Å². The topological polar surface area (TPSA) is 87.1 Å². The van der Waals surface area contributed by atoms with Gasteiger partial charge in [-0.25, -0.2) is 4.79 Å². The van der Waals surface area contributed by atoms with E-state index in [9.17, 15) is 14.7 Å². The molecule has 1 amide bonds. The molecule has 2 fully saturated rings. The van der Waals surface area contributed by atoms with E-state index >= 15 is 0 Å². The first-order chi connectivity index (χ1) is 12.1. The fourth-order valence-electron chi connectivity index (χ4n) is 4.48. The number of hydrogen-bond donors (Lipinski definition) is 3. The van der Waals surface area contributed by atoms with Gasteiger partial charge >= 0.3 is 5.69 Å². The number of hydrogen-bond acceptors (Lipinski definition) is 3. The molecule has 2 aromatic rings. The average Bonchev–Trinajstić information content (AvgIpc) is 3.33. The zero-order valence-corrected chi connectivity index (χ0v) is 14.4. The summed E-state index contributed by atoms with van der Waals surface area (Å²) in [7, 11) is 0. The van der Waals surface area contributed by atoms with Crippen molar-refractivity contribution in [3.05, 3.63) is 34.2 Å². The fourth-order valence-corrected chi connectivity index (χ4v) is 4.48. The highest BCUT2D eigenvalue weighted by atomic mass is 16.3. The summed E-state index contributed by atoms with van der Waals surface area (Å²) in [5.41, 5.74) is 1.50. The molecule has 6 heteroatoms. The Morgan fingerprint density at radius 3 is 2.64 bits per heavy atom. The van der Waals surface area contributed by atoms with Crippen LogP contribution >= 0.6 is 0 Å². The van der Waals surface area contributed by atoms with E-state index in [0.29, 0.717) is 11.1 Å². The summed E-state index contributed by atoms with van der Waals surface area (Å²) >= 11 is 0. The molecule has 1 aromatic heterocycles. The minimum atomic E-state index is -0.491. The highest BCUT2D eigenvalue weighted by molar-refractivity contribution is 5.97. The third kappa shape index (κ3) is 2.88. The number of aromatic nitrogens is 2. The molecule has 25 heavy (non-hydrogen) atoms. The lowest BCUT2D eigenvalue weighted by Crippen LogP contribution is -2.49. The summed E-state index contributed by atoms with van der Waals surface area (Å²) in [6, 6.07) is 5.64. The van der Waals surface area contributed by atoms with Crippen LogP contribution in [0.2, 0.25) is 0 Å². The van der Waals surface area contributed by atoms with Gasteiger partial charge in [0.05, 0.1) is 23.2 Å². The molecule has 0 aliphatic heterocycles. The van der Waals surface area contributed by atoms with Gasteiger partial charge in [0.1, 0.15) is 0 Å². The van der Waals surface area contributed by atoms with Crippen molar-refractivity contribution < 1.29 is 9.90 Å². The van der Waals surface area contributed by atoms with Crippen LogP contribution in [0.15, 0.2) is 23.0 Å². The van der Waals surface area contributed by atoms with Gasteiger partial charge in [-0.2, -0.15) is 0 Å². The molecule has 0 saturated heterocycles. The number of aromatic amines is 1. The number of benzene rings is 1. The number of aliphatic hydroxyl groups is 1. The van der Waals surface area contributed by atoms with Crippen molar-refractivity contribution in [3.63, 3.8) is 0 Å². The first-order valence-electron chi connectivity index (χ1n) is 9.30. The monoisotopic (exact) mass is 343 g/mol. The highest BCUT2D eigenvalue weighted by Crippen LogP contribution is 2.31. The van der Waals surface area contributed by atoms with E-state index in [2.05, 4.69) is 10.3 Å². The van der Waals surface area contributed by atoms with Gasteiger partial charge in [-0.05, 0) is 43.9 Å². The second-order valence-corrected chi connectivity index (χ2v) is 7.57. The van der Waals surface area contributed by atoms with E-state index in [-0.39, 0.29) is 24.2 Å². The number of rotatable bonds is 4. The summed E-state index contributed by atoms with van der Waals surface area (Å²) in [4.78, 5) is 27.9. The van der Waals surface area contributed by atoms with Crippen molar-refractivity contribution in [2.75, 3.05) is 6.61 Å². The summed E-state index contributed by atoms with van der Waals surface area (Å²) in [6.45, 7) is -0.0319. The Bertz CT molecular complexity index is 839. The number of imidazole rings is 1. The van der Waals surface area contributed by atoms with Crippen molar-refractivity contribution in [1.82, 2.24) is 14.9 Å². The molecule has 0 bridgehead atoms. The lowest BCUT2D eigenvalue weighted by molar-refractivity contribution is 0.0838. The Morgan fingerprint density at radius 2 is 1.96 bits per heavy atom. The van der Waals surface area contributed by atoms with Gasteiger partial charge in [-0.3, -0.25) is 9.36 Å². The van der Waals surface area contributed by atoms with Crippen molar-refractivity contribution in [2.45, 2.75) is 62.9 Å². The van der Waals surface area contributed by atoms with Gasteiger partial charge in [0.25, 0.3) is 5.91 Å². The first-order valence-corrected chi connectivity index (χ1v) is 9.30. The molecule has 134 valence electrons. The number of carbonyl (C=O) groups is 1. The van der Waals surface area contributed by atoms with Crippen molar-refractivity contribution in [3.8, 4) is 0 Å². The van der Waals surface area contributed by atoms with Gasteiger partial charge in [-0.1, -0.05) is 25.7 Å². The minimum Gasteiger partial charge on any atom is -0.394 e. The largest absolute Gasteiger partial charge is 0.394 e. The highest BCUT2D eigenvalue weighted by Gasteiger charge is 2.35. The zero-order chi connectivity index (χ0) is 17.4. The summed E-state index contributed by atoms with van der Waals surface area (Å²) in [5, 5.41) is 12.7. The van der Waals surface area contributed by atoms with Crippen LogP contribution < -0.4 is 11.0 Å². The van der Waals surface area contributed by atoms with Crippen molar-refractivity contribution >= 4 is 16.9 Å². The second-order valence-electron chi connectivity index (χ2n) is 7.57. The van der Waals surface area contributed by atoms with E-state index < -0.39 is 5.54 Å². The molecule has 0 spiro atoms. The molecule has 2 aliphatic rings. The lowest BCUT2D eigenvalue weighted by Gasteiger charge is -2.28. The molecule has 2 saturated carbocycles. The van der Waals surface area contributed by atoms with E-state index in [1.807, 2.05) is 10.6 Å². The van der Waals surface area contributed by atoms with E-state index in [4.69, 9.17) is 0 Å². The third-order valence-corrected chi connectivity index (χ3v) is 5.91. The summed E-state index contributed by atoms with van der Waals surface area (Å²) < 4.78 is 1.84. The number of carbonyl (C=O) groups excluding carboxylic acids is 1. The lowest BCUT2D eigenvalue weighted by atomic mass is 9.98. The van der Waals surface area contributed by atoms with Crippen LogP contribution in [-0.2, 0) is 0 Å². The molecule has 6 nitrogen and oxygen atoms in total. The SMILES string of the molecule is O=C(NC1(CO)CCCC1)c1ccc2c(c1)[nH]c(=O)n2C1CCCC1. The third-order valence-electron chi connectivity index (χ3n) is 5.91. The normalized spacial score (nSPS) is 20.4. The Hall–Kier alpha value is -2.08. The molecular weight excluding hydrogens is 318 g/mol. The van der Waals surface area contributed by atoms with Crippen LogP contribution in [0.5, 0.6) is 0 Å². The van der Waals surface area contributed by atoms with Crippen LogP contribution in [0.3, 0.4) is 0 Å². The Kier molecular flexibility index (Phi) is 4.15. The molecule has 1 heterocycles. The van der Waals surface area contributed by atoms with E-state index in [0.717, 1.165) is 56.9 Å². The van der Waals surface area contributed by atoms with Crippen molar-refractivity contribution in [1.29, 1.82) is 0 Å². The number of amides is 1. The predicted molar refractivity (Wildman–Crippen MR) is 95.8 cm³/mol. The fraction of sp³-hybridized carbons (Fsp3) is 0.579. The average molecular weight is 343 g/mol. The zero-order valence-electron chi connectivity index (χ0n) is 14.4. The number of aliphatic hydroxyl groups excluding tert-OH is 1. The summed E-state index contributed by atoms with van der Waals surface area (Å²) in [6.07, 6.45) is 8.07. The number of fused-ring (bicyclic) bond motifs is 1. The molecule has 0 unspecified atom stereocenters. The quantitative estimate of drug-likeness (QED) is 0.797. The smallest absolute Gasteiger partial charge is 0.326 e. The maximum atomic E-state index is 12.6. The Morgan fingerprint density at radius 1 is 1.24 bits per heavy atom.